The van der Waals surface area contributed by atoms with Gasteiger partial charge in [0.1, 0.15) is 0 Å². The van der Waals surface area contributed by atoms with Crippen LogP contribution >= 0.6 is 11.3 Å². The first-order valence-corrected chi connectivity index (χ1v) is 11.9. The molecule has 2 heterocycles. The molecule has 2 aromatic heterocycles. The Hall–Kier alpha value is -2.72. The van der Waals surface area contributed by atoms with Crippen LogP contribution in [0.5, 0.6) is 0 Å². The van der Waals surface area contributed by atoms with Crippen molar-refractivity contribution in [2.75, 3.05) is 17.5 Å². The Morgan fingerprint density at radius 3 is 2.79 bits per heavy atom. The van der Waals surface area contributed by atoms with Gasteiger partial charge in [0.15, 0.2) is 0 Å². The number of aromatic nitrogens is 2. The third kappa shape index (κ3) is 6.68. The zero-order chi connectivity index (χ0) is 20.7. The minimum absolute atomic E-state index is 0.236. The van der Waals surface area contributed by atoms with E-state index in [0.717, 1.165) is 30.4 Å². The molecule has 1 amide bonds. The fourth-order valence-electron chi connectivity index (χ4n) is 2.68. The summed E-state index contributed by atoms with van der Waals surface area (Å²) >= 11 is 1.57. The van der Waals surface area contributed by atoms with Gasteiger partial charge in [-0.3, -0.25) is 9.52 Å². The summed E-state index contributed by atoms with van der Waals surface area (Å²) in [5.74, 6) is 1.00. The van der Waals surface area contributed by atoms with Crippen LogP contribution < -0.4 is 10.0 Å². The Kier molecular flexibility index (Phi) is 6.99. The molecule has 0 saturated heterocycles. The fourth-order valence-corrected chi connectivity index (χ4v) is 3.89. The first kappa shape index (κ1) is 21.0. The van der Waals surface area contributed by atoms with E-state index in [2.05, 4.69) is 20.2 Å². The normalized spacial score (nSPS) is 11.3. The molecule has 0 unspecified atom stereocenters. The number of unbranched alkanes of at least 4 members (excludes halogenated alkanes) is 2. The van der Waals surface area contributed by atoms with E-state index < -0.39 is 10.0 Å². The average Bonchev–Trinajstić information content (AvgIpc) is 3.34. The van der Waals surface area contributed by atoms with Crippen LogP contribution in [-0.2, 0) is 16.4 Å². The molecule has 0 atom stereocenters. The molecule has 154 valence electrons. The van der Waals surface area contributed by atoms with Gasteiger partial charge in [0, 0.05) is 24.2 Å². The highest BCUT2D eigenvalue weighted by Crippen LogP contribution is 2.21. The molecule has 3 rings (SSSR count). The molecule has 0 spiro atoms. The third-order valence-electron chi connectivity index (χ3n) is 3.99. The van der Waals surface area contributed by atoms with E-state index in [9.17, 15) is 13.2 Å². The summed E-state index contributed by atoms with van der Waals surface area (Å²) in [5.41, 5.74) is 0.771. The monoisotopic (exact) mass is 434 g/mol. The lowest BCUT2D eigenvalue weighted by atomic mass is 10.1. The maximum Gasteiger partial charge on any atom is 0.251 e. The van der Waals surface area contributed by atoms with E-state index in [0.29, 0.717) is 35.9 Å². The van der Waals surface area contributed by atoms with Crippen molar-refractivity contribution < 1.29 is 17.7 Å². The van der Waals surface area contributed by atoms with Gasteiger partial charge >= 0.3 is 0 Å². The zero-order valence-electron chi connectivity index (χ0n) is 15.9. The van der Waals surface area contributed by atoms with Crippen LogP contribution in [0.2, 0.25) is 0 Å². The summed E-state index contributed by atoms with van der Waals surface area (Å²) in [6.45, 7) is 0.535. The molecule has 2 N–H and O–H groups in total. The van der Waals surface area contributed by atoms with Gasteiger partial charge in [-0.05, 0) is 42.5 Å². The number of benzene rings is 1. The van der Waals surface area contributed by atoms with Gasteiger partial charge in [-0.2, -0.15) is 4.98 Å². The predicted octanol–water partition coefficient (Wildman–Crippen LogP) is 3.31. The number of thiophene rings is 1. The number of nitrogens with one attached hydrogen (secondary N) is 2. The number of nitrogens with zero attached hydrogens (tertiary/aromatic N) is 2. The van der Waals surface area contributed by atoms with Gasteiger partial charge in [-0.15, -0.1) is 11.3 Å². The SMILES string of the molecule is CS(=O)(=O)Nc1cccc(C(=O)NCCCCCc2nc(-c3cccs3)no2)c1. The number of sulfonamides is 1. The van der Waals surface area contributed by atoms with E-state index >= 15 is 0 Å². The van der Waals surface area contributed by atoms with Crippen LogP contribution in [-0.4, -0.2) is 37.3 Å². The van der Waals surface area contributed by atoms with Crippen LogP contribution in [0.25, 0.3) is 10.7 Å². The molecule has 0 aliphatic rings. The van der Waals surface area contributed by atoms with Gasteiger partial charge in [0.2, 0.25) is 21.7 Å². The smallest absolute Gasteiger partial charge is 0.251 e. The second-order valence-corrected chi connectivity index (χ2v) is 9.21. The second-order valence-electron chi connectivity index (χ2n) is 6.51. The predicted molar refractivity (Wildman–Crippen MR) is 112 cm³/mol. The number of hydrogen-bond acceptors (Lipinski definition) is 7. The molecule has 1 aromatic carbocycles. The van der Waals surface area contributed by atoms with E-state index in [4.69, 9.17) is 4.52 Å². The van der Waals surface area contributed by atoms with Crippen LogP contribution in [0.15, 0.2) is 46.3 Å². The topological polar surface area (TPSA) is 114 Å². The molecule has 3 aromatic rings. The zero-order valence-corrected chi connectivity index (χ0v) is 17.6. The molecule has 29 heavy (non-hydrogen) atoms. The Morgan fingerprint density at radius 1 is 1.17 bits per heavy atom. The number of aryl methyl sites for hydroxylation is 1. The van der Waals surface area contributed by atoms with Gasteiger partial charge in [0.25, 0.3) is 5.91 Å². The minimum Gasteiger partial charge on any atom is -0.352 e. The van der Waals surface area contributed by atoms with Crippen LogP contribution in [0.4, 0.5) is 5.69 Å². The quantitative estimate of drug-likeness (QED) is 0.473. The van der Waals surface area contributed by atoms with Gasteiger partial charge in [-0.25, -0.2) is 8.42 Å². The van der Waals surface area contributed by atoms with Crippen molar-refractivity contribution >= 4 is 33.0 Å². The van der Waals surface area contributed by atoms with E-state index in [1.54, 1.807) is 29.5 Å². The highest BCUT2D eigenvalue weighted by Gasteiger charge is 2.10. The van der Waals surface area contributed by atoms with Crippen molar-refractivity contribution in [3.8, 4) is 10.7 Å². The first-order chi connectivity index (χ1) is 13.9. The number of carbonyl (C=O) groups is 1. The van der Waals surface area contributed by atoms with Crippen LogP contribution in [0.1, 0.15) is 35.5 Å². The molecular formula is C19H22N4O4S2. The Morgan fingerprint density at radius 2 is 2.03 bits per heavy atom. The summed E-state index contributed by atoms with van der Waals surface area (Å²) in [6.07, 6.45) is 4.38. The highest BCUT2D eigenvalue weighted by molar-refractivity contribution is 7.92. The Labute approximate surface area is 173 Å². The van der Waals surface area contributed by atoms with Crippen LogP contribution in [0.3, 0.4) is 0 Å². The van der Waals surface area contributed by atoms with Gasteiger partial charge in [0.05, 0.1) is 11.1 Å². The lowest BCUT2D eigenvalue weighted by Crippen LogP contribution is -2.24. The largest absolute Gasteiger partial charge is 0.352 e. The first-order valence-electron chi connectivity index (χ1n) is 9.13. The second kappa shape index (κ2) is 9.66. The number of anilines is 1. The van der Waals surface area contributed by atoms with Crippen molar-refractivity contribution in [1.82, 2.24) is 15.5 Å². The maximum atomic E-state index is 12.2. The fraction of sp³-hybridized carbons (Fsp3) is 0.316. The molecule has 0 bridgehead atoms. The molecule has 0 aliphatic carbocycles. The third-order valence-corrected chi connectivity index (χ3v) is 5.46. The van der Waals surface area contributed by atoms with Gasteiger partial charge in [-0.1, -0.05) is 23.7 Å². The minimum atomic E-state index is -3.38. The van der Waals surface area contributed by atoms with E-state index in [1.165, 1.54) is 6.07 Å². The summed E-state index contributed by atoms with van der Waals surface area (Å²) in [5, 5.41) is 8.80. The lowest BCUT2D eigenvalue weighted by molar-refractivity contribution is 0.0953. The number of carbonyl (C=O) groups excluding carboxylic acids is 1. The number of rotatable bonds is 10. The average molecular weight is 435 g/mol. The van der Waals surface area contributed by atoms with Crippen molar-refractivity contribution in [3.63, 3.8) is 0 Å². The number of hydrogen-bond donors (Lipinski definition) is 2. The standard InChI is InChI=1S/C19H22N4O4S2/c1-29(25,26)23-15-8-5-7-14(13-15)19(24)20-11-4-2-3-10-17-21-18(22-27-17)16-9-6-12-28-16/h5-9,12-13,23H,2-4,10-11H2,1H3,(H,20,24). The van der Waals surface area contributed by atoms with E-state index in [-0.39, 0.29) is 5.91 Å². The summed E-state index contributed by atoms with van der Waals surface area (Å²) in [6, 6.07) is 10.3. The molecule has 0 radical (unpaired) electrons. The Balaban J connectivity index is 1.36. The molecule has 10 heteroatoms. The summed E-state index contributed by atoms with van der Waals surface area (Å²) in [7, 11) is -3.38. The summed E-state index contributed by atoms with van der Waals surface area (Å²) in [4.78, 5) is 17.6. The van der Waals surface area contributed by atoms with E-state index in [1.807, 2.05) is 17.5 Å². The molecular weight excluding hydrogens is 412 g/mol. The summed E-state index contributed by atoms with van der Waals surface area (Å²) < 4.78 is 30.2. The van der Waals surface area contributed by atoms with Gasteiger partial charge < -0.3 is 9.84 Å². The Bertz CT molecular complexity index is 1050. The molecule has 0 fully saturated rings. The molecule has 8 nitrogen and oxygen atoms in total. The number of amides is 1. The maximum absolute atomic E-state index is 12.2. The lowest BCUT2D eigenvalue weighted by Gasteiger charge is -2.08. The van der Waals surface area contributed by atoms with Crippen LogP contribution in [0, 0.1) is 0 Å². The molecule has 0 saturated carbocycles. The van der Waals surface area contributed by atoms with Crippen molar-refractivity contribution in [2.24, 2.45) is 0 Å². The van der Waals surface area contributed by atoms with Crippen molar-refractivity contribution in [2.45, 2.75) is 25.7 Å². The molecule has 0 aliphatic heterocycles. The van der Waals surface area contributed by atoms with Crippen molar-refractivity contribution in [3.05, 3.63) is 53.2 Å². The highest BCUT2D eigenvalue weighted by atomic mass is 32.2. The van der Waals surface area contributed by atoms with Crippen molar-refractivity contribution in [1.29, 1.82) is 0 Å².